The lowest BCUT2D eigenvalue weighted by atomic mass is 10.3. The maximum absolute atomic E-state index is 12.8. The van der Waals surface area contributed by atoms with Crippen molar-refractivity contribution in [3.05, 3.63) is 30.1 Å². The van der Waals surface area contributed by atoms with Crippen molar-refractivity contribution in [1.82, 2.24) is 0 Å². The van der Waals surface area contributed by atoms with Crippen LogP contribution in [-0.4, -0.2) is 11.8 Å². The molecule has 0 saturated carbocycles. The zero-order valence-corrected chi connectivity index (χ0v) is 8.56. The topological polar surface area (TPSA) is 26.0 Å². The second-order valence-corrected chi connectivity index (χ2v) is 4.03. The molecule has 1 aromatic carbocycles. The number of terminal acetylenes is 1. The largest absolute Gasteiger partial charge is 0.326 e. The summed E-state index contributed by atoms with van der Waals surface area (Å²) in [6, 6.07) is 6.44. The lowest BCUT2D eigenvalue weighted by Crippen LogP contribution is -2.21. The van der Waals surface area contributed by atoms with Crippen molar-refractivity contribution in [3.63, 3.8) is 0 Å². The molecule has 0 aliphatic carbocycles. The predicted octanol–water partition coefficient (Wildman–Crippen LogP) is 2.27. The van der Waals surface area contributed by atoms with Gasteiger partial charge in [-0.1, -0.05) is 6.07 Å². The maximum Gasteiger partial charge on any atom is 0.124 e. The van der Waals surface area contributed by atoms with E-state index in [2.05, 4.69) is 5.92 Å². The van der Waals surface area contributed by atoms with Crippen LogP contribution in [0.3, 0.4) is 0 Å². The van der Waals surface area contributed by atoms with Crippen molar-refractivity contribution in [2.45, 2.75) is 17.4 Å². The summed E-state index contributed by atoms with van der Waals surface area (Å²) in [7, 11) is 0. The van der Waals surface area contributed by atoms with Gasteiger partial charge in [0.2, 0.25) is 0 Å². The lowest BCUT2D eigenvalue weighted by Gasteiger charge is -2.07. The van der Waals surface area contributed by atoms with E-state index in [1.165, 1.54) is 23.9 Å². The molecule has 2 N–H and O–H groups in total. The van der Waals surface area contributed by atoms with Gasteiger partial charge < -0.3 is 5.73 Å². The molecule has 14 heavy (non-hydrogen) atoms. The summed E-state index contributed by atoms with van der Waals surface area (Å²) in [5, 5.41) is 0. The zero-order chi connectivity index (χ0) is 10.4. The van der Waals surface area contributed by atoms with Crippen LogP contribution in [0.4, 0.5) is 4.39 Å². The molecule has 1 rings (SSSR count). The average molecular weight is 209 g/mol. The van der Waals surface area contributed by atoms with Gasteiger partial charge in [0.15, 0.2) is 0 Å². The molecule has 0 radical (unpaired) electrons. The van der Waals surface area contributed by atoms with Gasteiger partial charge in [0, 0.05) is 23.1 Å². The Labute approximate surface area is 87.9 Å². The van der Waals surface area contributed by atoms with Crippen molar-refractivity contribution in [3.8, 4) is 12.3 Å². The first kappa shape index (κ1) is 11.1. The molecule has 3 heteroatoms. The number of benzene rings is 1. The standard InChI is InChI=1S/C11H12FNS/c1-2-4-10(13)8-14-11-6-3-5-9(12)7-11/h1,3,5-7,10H,4,8,13H2. The van der Waals surface area contributed by atoms with Crippen LogP contribution < -0.4 is 5.73 Å². The van der Waals surface area contributed by atoms with Gasteiger partial charge in [-0.2, -0.15) is 0 Å². The predicted molar refractivity (Wildman–Crippen MR) is 58.5 cm³/mol. The van der Waals surface area contributed by atoms with Crippen LogP contribution in [0.1, 0.15) is 6.42 Å². The smallest absolute Gasteiger partial charge is 0.124 e. The van der Waals surface area contributed by atoms with Crippen molar-refractivity contribution in [2.75, 3.05) is 5.75 Å². The Hall–Kier alpha value is -0.980. The summed E-state index contributed by atoms with van der Waals surface area (Å²) in [6.07, 6.45) is 5.68. The van der Waals surface area contributed by atoms with E-state index in [0.717, 1.165) is 4.90 Å². The highest BCUT2D eigenvalue weighted by atomic mass is 32.2. The van der Waals surface area contributed by atoms with E-state index in [1.807, 2.05) is 6.07 Å². The van der Waals surface area contributed by atoms with E-state index in [-0.39, 0.29) is 11.9 Å². The molecular formula is C11H12FNS. The monoisotopic (exact) mass is 209 g/mol. The number of hydrogen-bond donors (Lipinski definition) is 1. The quantitative estimate of drug-likeness (QED) is 0.608. The Balaban J connectivity index is 2.42. The first-order valence-corrected chi connectivity index (χ1v) is 5.28. The van der Waals surface area contributed by atoms with E-state index in [1.54, 1.807) is 6.07 Å². The average Bonchev–Trinajstić information content (AvgIpc) is 2.15. The molecule has 0 saturated heterocycles. The van der Waals surface area contributed by atoms with Gasteiger partial charge in [-0.25, -0.2) is 4.39 Å². The van der Waals surface area contributed by atoms with Gasteiger partial charge in [0.05, 0.1) is 0 Å². The molecule has 0 aliphatic heterocycles. The summed E-state index contributed by atoms with van der Waals surface area (Å²) < 4.78 is 12.8. The van der Waals surface area contributed by atoms with E-state index in [4.69, 9.17) is 12.2 Å². The normalized spacial score (nSPS) is 12.1. The molecule has 0 aromatic heterocycles. The summed E-state index contributed by atoms with van der Waals surface area (Å²) >= 11 is 1.52. The third-order valence-electron chi connectivity index (χ3n) is 1.64. The Morgan fingerprint density at radius 3 is 3.00 bits per heavy atom. The third-order valence-corrected chi connectivity index (χ3v) is 2.82. The van der Waals surface area contributed by atoms with Crippen molar-refractivity contribution < 1.29 is 4.39 Å². The lowest BCUT2D eigenvalue weighted by molar-refractivity contribution is 0.624. The summed E-state index contributed by atoms with van der Waals surface area (Å²) in [4.78, 5) is 0.887. The highest BCUT2D eigenvalue weighted by molar-refractivity contribution is 7.99. The first-order valence-electron chi connectivity index (χ1n) is 4.30. The molecule has 0 spiro atoms. The third kappa shape index (κ3) is 3.82. The molecule has 1 nitrogen and oxygen atoms in total. The second kappa shape index (κ2) is 5.69. The molecule has 1 atom stereocenters. The molecule has 0 amide bonds. The fourth-order valence-electron chi connectivity index (χ4n) is 0.970. The fraction of sp³-hybridized carbons (Fsp3) is 0.273. The van der Waals surface area contributed by atoms with E-state index >= 15 is 0 Å². The Morgan fingerprint density at radius 2 is 2.36 bits per heavy atom. The molecule has 0 fully saturated rings. The molecule has 0 heterocycles. The van der Waals surface area contributed by atoms with Gasteiger partial charge in [0.25, 0.3) is 0 Å². The van der Waals surface area contributed by atoms with Gasteiger partial charge in [-0.15, -0.1) is 24.1 Å². The molecular weight excluding hydrogens is 197 g/mol. The van der Waals surface area contributed by atoms with E-state index in [9.17, 15) is 4.39 Å². The first-order chi connectivity index (χ1) is 6.72. The summed E-state index contributed by atoms with van der Waals surface area (Å²) in [5.74, 6) is 3.00. The summed E-state index contributed by atoms with van der Waals surface area (Å²) in [6.45, 7) is 0. The van der Waals surface area contributed by atoms with Crippen LogP contribution in [0.2, 0.25) is 0 Å². The Bertz CT molecular complexity index is 332. The van der Waals surface area contributed by atoms with E-state index < -0.39 is 0 Å². The Kier molecular flexibility index (Phi) is 4.51. The van der Waals surface area contributed by atoms with E-state index in [0.29, 0.717) is 12.2 Å². The van der Waals surface area contributed by atoms with Crippen LogP contribution in [0, 0.1) is 18.2 Å². The molecule has 0 bridgehead atoms. The number of hydrogen-bond acceptors (Lipinski definition) is 2. The molecule has 74 valence electrons. The van der Waals surface area contributed by atoms with Crippen LogP contribution in [0.5, 0.6) is 0 Å². The van der Waals surface area contributed by atoms with Crippen LogP contribution in [0.25, 0.3) is 0 Å². The van der Waals surface area contributed by atoms with Crippen LogP contribution in [0.15, 0.2) is 29.2 Å². The van der Waals surface area contributed by atoms with Crippen LogP contribution in [-0.2, 0) is 0 Å². The number of thioether (sulfide) groups is 1. The van der Waals surface area contributed by atoms with Gasteiger partial charge in [-0.05, 0) is 18.2 Å². The zero-order valence-electron chi connectivity index (χ0n) is 7.74. The van der Waals surface area contributed by atoms with Gasteiger partial charge in [0.1, 0.15) is 5.82 Å². The van der Waals surface area contributed by atoms with Gasteiger partial charge >= 0.3 is 0 Å². The van der Waals surface area contributed by atoms with Crippen molar-refractivity contribution in [1.29, 1.82) is 0 Å². The number of rotatable bonds is 4. The second-order valence-electron chi connectivity index (χ2n) is 2.94. The summed E-state index contributed by atoms with van der Waals surface area (Å²) in [5.41, 5.74) is 5.71. The fourth-order valence-corrected chi connectivity index (χ4v) is 1.87. The SMILES string of the molecule is C#CCC(N)CSc1cccc(F)c1. The molecule has 1 aromatic rings. The number of nitrogens with two attached hydrogens (primary N) is 1. The minimum Gasteiger partial charge on any atom is -0.326 e. The molecule has 1 unspecified atom stereocenters. The highest BCUT2D eigenvalue weighted by Gasteiger charge is 2.02. The van der Waals surface area contributed by atoms with Crippen molar-refractivity contribution in [2.24, 2.45) is 5.73 Å². The highest BCUT2D eigenvalue weighted by Crippen LogP contribution is 2.19. The van der Waals surface area contributed by atoms with Crippen LogP contribution >= 0.6 is 11.8 Å². The Morgan fingerprint density at radius 1 is 1.57 bits per heavy atom. The maximum atomic E-state index is 12.8. The minimum atomic E-state index is -0.222. The minimum absolute atomic E-state index is 0.0201. The number of halogens is 1. The molecule has 0 aliphatic rings. The van der Waals surface area contributed by atoms with Crippen molar-refractivity contribution >= 4 is 11.8 Å². The van der Waals surface area contributed by atoms with Gasteiger partial charge in [-0.3, -0.25) is 0 Å².